The molecule has 1 saturated carbocycles. The fraction of sp³-hybridized carbons (Fsp3) is 0.591. The van der Waals surface area contributed by atoms with Crippen LogP contribution in [0.25, 0.3) is 6.08 Å². The summed E-state index contributed by atoms with van der Waals surface area (Å²) < 4.78 is 0. The van der Waals surface area contributed by atoms with E-state index in [9.17, 15) is 4.79 Å². The van der Waals surface area contributed by atoms with Gasteiger partial charge in [0.2, 0.25) is 5.91 Å². The zero-order valence-electron chi connectivity index (χ0n) is 17.1. The third kappa shape index (κ3) is 6.17. The minimum absolute atomic E-state index is 0.142. The number of carbonyl (C=O) groups excluding carboxylic acids is 1. The third-order valence-electron chi connectivity index (χ3n) is 5.33. The molecule has 0 atom stereocenters. The molecular weight excluding hydrogens is 322 g/mol. The average Bonchev–Trinajstić information content (AvgIpc) is 2.61. The summed E-state index contributed by atoms with van der Waals surface area (Å²) in [5, 5.41) is 0. The zero-order valence-corrected chi connectivity index (χ0v) is 17.1. The molecule has 1 aliphatic rings. The van der Waals surface area contributed by atoms with Crippen molar-refractivity contribution < 1.29 is 4.79 Å². The molecule has 1 aromatic carbocycles. The third-order valence-corrected chi connectivity index (χ3v) is 5.33. The molecule has 0 bridgehead atoms. The number of likely N-dealkylation sites (N-methyl/N-ethyl adjacent to an activating group) is 1. The summed E-state index contributed by atoms with van der Waals surface area (Å²) in [6.45, 7) is 4.03. The number of hydrogen-bond acceptors (Lipinski definition) is 3. The highest BCUT2D eigenvalue weighted by atomic mass is 16.2. The van der Waals surface area contributed by atoms with Gasteiger partial charge in [-0.05, 0) is 69.5 Å². The highest BCUT2D eigenvalue weighted by Crippen LogP contribution is 2.27. The van der Waals surface area contributed by atoms with Crippen LogP contribution in [0.15, 0.2) is 30.3 Å². The number of carbonyl (C=O) groups is 1. The van der Waals surface area contributed by atoms with Gasteiger partial charge in [0.1, 0.15) is 0 Å². The van der Waals surface area contributed by atoms with E-state index in [1.54, 1.807) is 6.08 Å². The average molecular weight is 358 g/mol. The maximum Gasteiger partial charge on any atom is 0.246 e. The Morgan fingerprint density at radius 1 is 1.00 bits per heavy atom. The molecule has 0 heterocycles. The molecule has 1 aromatic rings. The predicted octanol–water partition coefficient (Wildman–Crippen LogP) is 3.73. The van der Waals surface area contributed by atoms with Crippen LogP contribution in [0, 0.1) is 5.92 Å². The van der Waals surface area contributed by atoms with Gasteiger partial charge >= 0.3 is 0 Å². The van der Waals surface area contributed by atoms with E-state index in [0.717, 1.165) is 43.1 Å². The molecular formula is C22H35N3O. The van der Waals surface area contributed by atoms with Crippen LogP contribution in [0.4, 0.5) is 5.69 Å². The molecule has 144 valence electrons. The summed E-state index contributed by atoms with van der Waals surface area (Å²) in [6.07, 6.45) is 8.41. The Kier molecular flexibility index (Phi) is 7.70. The minimum atomic E-state index is 0.142. The highest BCUT2D eigenvalue weighted by Gasteiger charge is 2.26. The molecule has 0 saturated heterocycles. The van der Waals surface area contributed by atoms with E-state index in [-0.39, 0.29) is 5.91 Å². The van der Waals surface area contributed by atoms with Crippen LogP contribution in [-0.2, 0) is 4.79 Å². The van der Waals surface area contributed by atoms with Gasteiger partial charge in [-0.3, -0.25) is 4.79 Å². The standard InChI is InChI=1S/C22H35N3O/c1-18-6-11-21(12-7-18)25(17-16-23(2)3)22(26)15-10-19-8-13-20(14-9-19)24(4)5/h8-10,13-15,18,21H,6-7,11-12,16-17H2,1-5H3/b15-10+. The number of rotatable bonds is 7. The van der Waals surface area contributed by atoms with Crippen molar-refractivity contribution in [3.05, 3.63) is 35.9 Å². The molecule has 4 nitrogen and oxygen atoms in total. The summed E-state index contributed by atoms with van der Waals surface area (Å²) in [5.41, 5.74) is 2.23. The van der Waals surface area contributed by atoms with E-state index >= 15 is 0 Å². The van der Waals surface area contributed by atoms with Crippen molar-refractivity contribution in [2.45, 2.75) is 38.6 Å². The van der Waals surface area contributed by atoms with E-state index in [2.05, 4.69) is 60.0 Å². The molecule has 1 aliphatic carbocycles. The van der Waals surface area contributed by atoms with Gasteiger partial charge in [-0.1, -0.05) is 19.1 Å². The summed E-state index contributed by atoms with van der Waals surface area (Å²) in [7, 11) is 8.19. The molecule has 26 heavy (non-hydrogen) atoms. The SMILES string of the molecule is CC1CCC(N(CCN(C)C)C(=O)/C=C/c2ccc(N(C)C)cc2)CC1. The maximum atomic E-state index is 12.9. The molecule has 2 rings (SSSR count). The quantitative estimate of drug-likeness (QED) is 0.696. The van der Waals surface area contributed by atoms with Gasteiger partial charge in [0.15, 0.2) is 0 Å². The Labute approximate surface area is 159 Å². The number of benzene rings is 1. The normalized spacial score (nSPS) is 20.5. The number of hydrogen-bond donors (Lipinski definition) is 0. The fourth-order valence-corrected chi connectivity index (χ4v) is 3.48. The van der Waals surface area contributed by atoms with Gasteiger partial charge in [-0.2, -0.15) is 0 Å². The Morgan fingerprint density at radius 2 is 1.62 bits per heavy atom. The highest BCUT2D eigenvalue weighted by molar-refractivity contribution is 5.92. The molecule has 4 heteroatoms. The van der Waals surface area contributed by atoms with Gasteiger partial charge in [0.25, 0.3) is 0 Å². The lowest BCUT2D eigenvalue weighted by atomic mass is 9.86. The van der Waals surface area contributed by atoms with E-state index in [1.165, 1.54) is 12.8 Å². The topological polar surface area (TPSA) is 26.8 Å². The first-order chi connectivity index (χ1) is 12.4. The lowest BCUT2D eigenvalue weighted by molar-refractivity contribution is -0.129. The minimum Gasteiger partial charge on any atom is -0.378 e. The van der Waals surface area contributed by atoms with Crippen molar-refractivity contribution in [2.75, 3.05) is 46.2 Å². The molecule has 1 fully saturated rings. The van der Waals surface area contributed by atoms with Crippen molar-refractivity contribution >= 4 is 17.7 Å². The summed E-state index contributed by atoms with van der Waals surface area (Å²) >= 11 is 0. The monoisotopic (exact) mass is 357 g/mol. The van der Waals surface area contributed by atoms with Gasteiger partial charge in [-0.25, -0.2) is 0 Å². The van der Waals surface area contributed by atoms with Crippen LogP contribution in [0.3, 0.4) is 0 Å². The summed E-state index contributed by atoms with van der Waals surface area (Å²) in [4.78, 5) is 19.2. The lowest BCUT2D eigenvalue weighted by Gasteiger charge is -2.36. The van der Waals surface area contributed by atoms with E-state index in [1.807, 2.05) is 20.2 Å². The Morgan fingerprint density at radius 3 is 2.15 bits per heavy atom. The smallest absolute Gasteiger partial charge is 0.246 e. The van der Waals surface area contributed by atoms with Crippen molar-refractivity contribution in [3.8, 4) is 0 Å². The fourth-order valence-electron chi connectivity index (χ4n) is 3.48. The van der Waals surface area contributed by atoms with E-state index < -0.39 is 0 Å². The Hall–Kier alpha value is -1.81. The zero-order chi connectivity index (χ0) is 19.1. The van der Waals surface area contributed by atoms with Crippen LogP contribution in [-0.4, -0.2) is 63.0 Å². The first-order valence-electron chi connectivity index (χ1n) is 9.77. The molecule has 0 unspecified atom stereocenters. The summed E-state index contributed by atoms with van der Waals surface area (Å²) in [5.74, 6) is 0.936. The van der Waals surface area contributed by atoms with Gasteiger partial charge in [0.05, 0.1) is 0 Å². The molecule has 0 radical (unpaired) electrons. The second kappa shape index (κ2) is 9.77. The molecule has 0 aromatic heterocycles. The van der Waals surface area contributed by atoms with Crippen LogP contribution in [0.2, 0.25) is 0 Å². The number of anilines is 1. The molecule has 0 aliphatic heterocycles. The van der Waals surface area contributed by atoms with Gasteiger partial charge in [0, 0.05) is 45.0 Å². The largest absolute Gasteiger partial charge is 0.378 e. The first-order valence-corrected chi connectivity index (χ1v) is 9.77. The van der Waals surface area contributed by atoms with E-state index in [0.29, 0.717) is 6.04 Å². The second-order valence-electron chi connectivity index (χ2n) is 8.07. The second-order valence-corrected chi connectivity index (χ2v) is 8.07. The first kappa shape index (κ1) is 20.5. The maximum absolute atomic E-state index is 12.9. The van der Waals surface area contributed by atoms with Crippen LogP contribution >= 0.6 is 0 Å². The molecule has 1 amide bonds. The van der Waals surface area contributed by atoms with Crippen molar-refractivity contribution in [2.24, 2.45) is 5.92 Å². The number of nitrogens with zero attached hydrogens (tertiary/aromatic N) is 3. The van der Waals surface area contributed by atoms with Crippen LogP contribution in [0.5, 0.6) is 0 Å². The van der Waals surface area contributed by atoms with Crippen molar-refractivity contribution in [3.63, 3.8) is 0 Å². The van der Waals surface area contributed by atoms with Crippen molar-refractivity contribution in [1.29, 1.82) is 0 Å². The Balaban J connectivity index is 2.04. The molecule has 0 N–H and O–H groups in total. The van der Waals surface area contributed by atoms with E-state index in [4.69, 9.17) is 0 Å². The lowest BCUT2D eigenvalue weighted by Crippen LogP contribution is -2.44. The summed E-state index contributed by atoms with van der Waals surface area (Å²) in [6, 6.07) is 8.67. The van der Waals surface area contributed by atoms with Crippen LogP contribution in [0.1, 0.15) is 38.2 Å². The predicted molar refractivity (Wildman–Crippen MR) is 111 cm³/mol. The number of amides is 1. The Bertz CT molecular complexity index is 584. The van der Waals surface area contributed by atoms with Crippen molar-refractivity contribution in [1.82, 2.24) is 9.80 Å². The van der Waals surface area contributed by atoms with Gasteiger partial charge < -0.3 is 14.7 Å². The van der Waals surface area contributed by atoms with Crippen LogP contribution < -0.4 is 4.90 Å². The molecule has 0 spiro atoms. The van der Waals surface area contributed by atoms with Gasteiger partial charge in [-0.15, -0.1) is 0 Å².